The van der Waals surface area contributed by atoms with Gasteiger partial charge in [0.2, 0.25) is 5.91 Å². The van der Waals surface area contributed by atoms with E-state index in [1.54, 1.807) is 35.2 Å². The number of hydrogen-bond donors (Lipinski definition) is 0. The summed E-state index contributed by atoms with van der Waals surface area (Å²) in [6.07, 6.45) is 2.40. The smallest absolute Gasteiger partial charge is 0.409 e. The number of aromatic nitrogens is 2. The molecule has 35 heavy (non-hydrogen) atoms. The lowest BCUT2D eigenvalue weighted by atomic mass is 10.0. The van der Waals surface area contributed by atoms with Crippen molar-refractivity contribution in [3.8, 4) is 0 Å². The molecular weight excluding hydrogens is 464 g/mol. The summed E-state index contributed by atoms with van der Waals surface area (Å²) in [5.41, 5.74) is 3.79. The minimum atomic E-state index is -0.307. The minimum Gasteiger partial charge on any atom is -0.450 e. The van der Waals surface area contributed by atoms with E-state index in [9.17, 15) is 14.4 Å². The Morgan fingerprint density at radius 3 is 2.49 bits per heavy atom. The molecule has 9 heteroatoms. The van der Waals surface area contributed by atoms with Crippen LogP contribution >= 0.6 is 11.8 Å². The van der Waals surface area contributed by atoms with Crippen LogP contribution in [0.25, 0.3) is 0 Å². The SMILES string of the molecule is CCOC(=O)N1CCN(C(=O)CCCCSc2nc(C)c(Cc3cccc(C)c3)c(=O)n2C)CC1. The topological polar surface area (TPSA) is 84.7 Å². The molecule has 0 saturated carbocycles. The minimum absolute atomic E-state index is 0.00126. The van der Waals surface area contributed by atoms with Gasteiger partial charge >= 0.3 is 6.09 Å². The molecule has 0 bridgehead atoms. The molecule has 1 aromatic carbocycles. The molecule has 1 aliphatic heterocycles. The van der Waals surface area contributed by atoms with Crippen LogP contribution in [0.1, 0.15) is 48.6 Å². The zero-order chi connectivity index (χ0) is 25.4. The molecule has 1 fully saturated rings. The van der Waals surface area contributed by atoms with Gasteiger partial charge in [-0.15, -0.1) is 0 Å². The van der Waals surface area contributed by atoms with Crippen LogP contribution in [0, 0.1) is 13.8 Å². The Balaban J connectivity index is 1.44. The first kappa shape index (κ1) is 26.8. The van der Waals surface area contributed by atoms with Crippen molar-refractivity contribution < 1.29 is 14.3 Å². The third kappa shape index (κ3) is 7.34. The number of hydrogen-bond acceptors (Lipinski definition) is 6. The van der Waals surface area contributed by atoms with Crippen molar-refractivity contribution in [1.29, 1.82) is 0 Å². The monoisotopic (exact) mass is 500 g/mol. The number of benzene rings is 1. The molecule has 8 nitrogen and oxygen atoms in total. The molecular formula is C26H36N4O4S. The fourth-order valence-corrected chi connectivity index (χ4v) is 5.15. The first-order valence-electron chi connectivity index (χ1n) is 12.2. The van der Waals surface area contributed by atoms with Gasteiger partial charge in [0.15, 0.2) is 5.16 Å². The summed E-state index contributed by atoms with van der Waals surface area (Å²) in [5.74, 6) is 0.918. The van der Waals surface area contributed by atoms with Crippen molar-refractivity contribution in [2.24, 2.45) is 7.05 Å². The summed E-state index contributed by atoms with van der Waals surface area (Å²) in [6, 6.07) is 8.20. The Morgan fingerprint density at radius 2 is 1.80 bits per heavy atom. The number of thioether (sulfide) groups is 1. The van der Waals surface area contributed by atoms with E-state index in [1.165, 1.54) is 5.56 Å². The van der Waals surface area contributed by atoms with Crippen LogP contribution in [-0.4, -0.2) is 69.9 Å². The first-order valence-corrected chi connectivity index (χ1v) is 13.2. The Kier molecular flexibility index (Phi) is 9.77. The van der Waals surface area contributed by atoms with E-state index in [2.05, 4.69) is 6.07 Å². The Hall–Kier alpha value is -2.81. The van der Waals surface area contributed by atoms with E-state index in [0.717, 1.165) is 35.4 Å². The molecule has 0 spiro atoms. The molecule has 1 aliphatic rings. The van der Waals surface area contributed by atoms with Crippen LogP contribution in [0.15, 0.2) is 34.2 Å². The van der Waals surface area contributed by atoms with Crippen molar-refractivity contribution in [2.45, 2.75) is 51.6 Å². The van der Waals surface area contributed by atoms with Crippen molar-refractivity contribution in [2.75, 3.05) is 38.5 Å². The summed E-state index contributed by atoms with van der Waals surface area (Å²) < 4.78 is 6.66. The number of unbranched alkanes of at least 4 members (excludes halogenated alkanes) is 1. The highest BCUT2D eigenvalue weighted by Crippen LogP contribution is 2.19. The normalized spacial score (nSPS) is 13.7. The number of carbonyl (C=O) groups is 2. The molecule has 3 rings (SSSR count). The van der Waals surface area contributed by atoms with Gasteiger partial charge in [-0.3, -0.25) is 14.2 Å². The number of carbonyl (C=O) groups excluding carboxylic acids is 2. The third-order valence-electron chi connectivity index (χ3n) is 6.19. The van der Waals surface area contributed by atoms with Crippen LogP contribution in [0.4, 0.5) is 4.79 Å². The Bertz CT molecular complexity index is 1090. The predicted octanol–water partition coefficient (Wildman–Crippen LogP) is 3.55. The molecule has 2 heterocycles. The number of rotatable bonds is 9. The van der Waals surface area contributed by atoms with Crippen LogP contribution in [0.5, 0.6) is 0 Å². The van der Waals surface area contributed by atoms with Gasteiger partial charge in [0.25, 0.3) is 5.56 Å². The third-order valence-corrected chi connectivity index (χ3v) is 7.30. The molecule has 2 amide bonds. The molecule has 1 aromatic heterocycles. The lowest BCUT2D eigenvalue weighted by Gasteiger charge is -2.34. The van der Waals surface area contributed by atoms with Crippen molar-refractivity contribution in [3.63, 3.8) is 0 Å². The lowest BCUT2D eigenvalue weighted by Crippen LogP contribution is -2.50. The van der Waals surface area contributed by atoms with E-state index in [-0.39, 0.29) is 17.6 Å². The van der Waals surface area contributed by atoms with Gasteiger partial charge in [-0.05, 0) is 39.2 Å². The van der Waals surface area contributed by atoms with E-state index in [4.69, 9.17) is 9.72 Å². The molecule has 190 valence electrons. The molecule has 0 unspecified atom stereocenters. The predicted molar refractivity (Wildman–Crippen MR) is 138 cm³/mol. The van der Waals surface area contributed by atoms with Gasteiger partial charge in [0.05, 0.1) is 6.61 Å². The van der Waals surface area contributed by atoms with Crippen LogP contribution < -0.4 is 5.56 Å². The molecule has 1 saturated heterocycles. The first-order chi connectivity index (χ1) is 16.8. The molecule has 0 radical (unpaired) electrons. The second kappa shape index (κ2) is 12.8. The van der Waals surface area contributed by atoms with E-state index in [1.807, 2.05) is 36.9 Å². The van der Waals surface area contributed by atoms with Crippen molar-refractivity contribution in [3.05, 3.63) is 57.0 Å². The van der Waals surface area contributed by atoms with Gasteiger partial charge < -0.3 is 14.5 Å². The molecule has 0 N–H and O–H groups in total. The summed E-state index contributed by atoms with van der Waals surface area (Å²) in [6.45, 7) is 8.21. The van der Waals surface area contributed by atoms with Crippen LogP contribution in [-0.2, 0) is 23.0 Å². The van der Waals surface area contributed by atoms with Gasteiger partial charge in [-0.1, -0.05) is 41.6 Å². The second-order valence-electron chi connectivity index (χ2n) is 8.86. The fourth-order valence-electron chi connectivity index (χ4n) is 4.14. The fraction of sp³-hybridized carbons (Fsp3) is 0.538. The number of aryl methyl sites for hydroxylation is 2. The van der Waals surface area contributed by atoms with Crippen molar-refractivity contribution >= 4 is 23.8 Å². The lowest BCUT2D eigenvalue weighted by molar-refractivity contribution is -0.132. The zero-order valence-corrected chi connectivity index (χ0v) is 22.0. The maximum atomic E-state index is 13.0. The number of ether oxygens (including phenoxy) is 1. The van der Waals surface area contributed by atoms with E-state index < -0.39 is 0 Å². The maximum Gasteiger partial charge on any atom is 0.409 e. The van der Waals surface area contributed by atoms with Gasteiger partial charge in [-0.25, -0.2) is 9.78 Å². The maximum absolute atomic E-state index is 13.0. The Labute approximate surface area is 211 Å². The highest BCUT2D eigenvalue weighted by Gasteiger charge is 2.24. The number of nitrogens with zero attached hydrogens (tertiary/aromatic N) is 4. The van der Waals surface area contributed by atoms with Gasteiger partial charge in [-0.2, -0.15) is 0 Å². The van der Waals surface area contributed by atoms with E-state index >= 15 is 0 Å². The number of amides is 2. The average molecular weight is 501 g/mol. The quantitative estimate of drug-likeness (QED) is 0.297. The van der Waals surface area contributed by atoms with Crippen LogP contribution in [0.3, 0.4) is 0 Å². The molecule has 0 atom stereocenters. The molecule has 2 aromatic rings. The highest BCUT2D eigenvalue weighted by atomic mass is 32.2. The average Bonchev–Trinajstić information content (AvgIpc) is 2.84. The summed E-state index contributed by atoms with van der Waals surface area (Å²) in [4.78, 5) is 45.5. The standard InChI is InChI=1S/C26H36N4O4S/c1-5-34-26(33)30-14-12-29(13-15-30)23(31)11-6-7-16-35-25-27-20(3)22(24(32)28(25)4)18-21-10-8-9-19(2)17-21/h8-10,17H,5-7,11-16,18H2,1-4H3. The zero-order valence-electron chi connectivity index (χ0n) is 21.2. The number of piperazine rings is 1. The summed E-state index contributed by atoms with van der Waals surface area (Å²) in [7, 11) is 1.77. The Morgan fingerprint density at radius 1 is 1.09 bits per heavy atom. The summed E-state index contributed by atoms with van der Waals surface area (Å²) in [5, 5.41) is 0.710. The van der Waals surface area contributed by atoms with Gasteiger partial charge in [0, 0.05) is 63.1 Å². The van der Waals surface area contributed by atoms with Crippen LogP contribution in [0.2, 0.25) is 0 Å². The largest absolute Gasteiger partial charge is 0.450 e. The van der Waals surface area contributed by atoms with E-state index in [0.29, 0.717) is 50.8 Å². The summed E-state index contributed by atoms with van der Waals surface area (Å²) >= 11 is 1.56. The van der Waals surface area contributed by atoms with Crippen molar-refractivity contribution in [1.82, 2.24) is 19.4 Å². The second-order valence-corrected chi connectivity index (χ2v) is 9.92. The molecule has 0 aliphatic carbocycles. The van der Waals surface area contributed by atoms with Gasteiger partial charge in [0.1, 0.15) is 0 Å². The highest BCUT2D eigenvalue weighted by molar-refractivity contribution is 7.99.